The van der Waals surface area contributed by atoms with Crippen molar-refractivity contribution in [1.29, 1.82) is 0 Å². The van der Waals surface area contributed by atoms with Crippen LogP contribution < -0.4 is 0 Å². The second kappa shape index (κ2) is 9.16. The Morgan fingerprint density at radius 3 is 1.98 bits per heavy atom. The molecule has 0 atom stereocenters. The number of rotatable bonds is 2. The third kappa shape index (κ3) is 3.18. The smallest absolute Gasteiger partial charge is 0.187 e. The molecule has 0 aliphatic carbocycles. The number of benzene rings is 7. The average Bonchev–Trinajstić information content (AvgIpc) is 3.79. The van der Waals surface area contributed by atoms with Crippen LogP contribution in [0.4, 0.5) is 5.69 Å². The van der Waals surface area contributed by atoms with Gasteiger partial charge in [0, 0.05) is 37.9 Å². The highest BCUT2D eigenvalue weighted by atomic mass is 15.1. The average molecular weight is 610 g/mol. The summed E-state index contributed by atoms with van der Waals surface area (Å²) in [6, 6.07) is 48.8. The number of fused-ring (bicyclic) bond motifs is 13. The van der Waals surface area contributed by atoms with E-state index in [0.29, 0.717) is 5.69 Å². The molecule has 4 heterocycles. The Morgan fingerprint density at radius 2 is 1.17 bits per heavy atom. The second-order valence-corrected chi connectivity index (χ2v) is 12.5. The van der Waals surface area contributed by atoms with E-state index in [0.717, 1.165) is 39.1 Å². The van der Waals surface area contributed by atoms with Crippen molar-refractivity contribution in [3.05, 3.63) is 151 Å². The zero-order chi connectivity index (χ0) is 31.5. The molecule has 0 unspecified atom stereocenters. The lowest BCUT2D eigenvalue weighted by molar-refractivity contribution is 1.08. The van der Waals surface area contributed by atoms with Crippen molar-refractivity contribution >= 4 is 87.4 Å². The Morgan fingerprint density at radius 1 is 0.500 bits per heavy atom. The summed E-state index contributed by atoms with van der Waals surface area (Å²) in [6.07, 6.45) is 0. The predicted octanol–water partition coefficient (Wildman–Crippen LogP) is 11.2. The second-order valence-electron chi connectivity index (χ2n) is 12.5. The summed E-state index contributed by atoms with van der Waals surface area (Å²) >= 11 is 0. The maximum atomic E-state index is 7.51. The maximum Gasteiger partial charge on any atom is 0.187 e. The van der Waals surface area contributed by atoms with E-state index in [2.05, 4.69) is 105 Å². The van der Waals surface area contributed by atoms with Crippen molar-refractivity contribution in [2.24, 2.45) is 0 Å². The third-order valence-corrected chi connectivity index (χ3v) is 10.0. The quantitative estimate of drug-likeness (QED) is 0.183. The van der Waals surface area contributed by atoms with Gasteiger partial charge in [0.15, 0.2) is 11.5 Å². The first kappa shape index (κ1) is 25.4. The summed E-state index contributed by atoms with van der Waals surface area (Å²) in [5.74, 6) is 0.766. The molecule has 0 N–H and O–H groups in total. The molecule has 0 spiro atoms. The van der Waals surface area contributed by atoms with E-state index in [1.54, 1.807) is 0 Å². The fourth-order valence-corrected chi connectivity index (χ4v) is 8.04. The van der Waals surface area contributed by atoms with E-state index in [-0.39, 0.29) is 0 Å². The van der Waals surface area contributed by atoms with E-state index in [1.807, 2.05) is 48.5 Å². The van der Waals surface area contributed by atoms with E-state index in [9.17, 15) is 0 Å². The fourth-order valence-electron chi connectivity index (χ4n) is 8.04. The number of para-hydroxylation sites is 4. The minimum absolute atomic E-state index is 0.596. The van der Waals surface area contributed by atoms with Crippen LogP contribution >= 0.6 is 0 Å². The van der Waals surface area contributed by atoms with Gasteiger partial charge in [-0.25, -0.2) is 14.8 Å². The Bertz CT molecular complexity index is 3170. The first-order valence-corrected chi connectivity index (χ1v) is 16.1. The van der Waals surface area contributed by atoms with Crippen LogP contribution in [0.25, 0.3) is 104 Å². The normalized spacial score (nSPS) is 12.1. The largest absolute Gasteiger partial charge is 0.308 e. The number of hydrogen-bond acceptors (Lipinski definition) is 2. The summed E-state index contributed by atoms with van der Waals surface area (Å²) < 4.78 is 4.78. The number of nitrogens with zero attached hydrogens (tertiary/aromatic N) is 5. The van der Waals surface area contributed by atoms with Gasteiger partial charge in [-0.1, -0.05) is 103 Å². The summed E-state index contributed by atoms with van der Waals surface area (Å²) in [5.41, 5.74) is 9.78. The molecule has 48 heavy (non-hydrogen) atoms. The van der Waals surface area contributed by atoms with Crippen molar-refractivity contribution in [1.82, 2.24) is 18.9 Å². The van der Waals surface area contributed by atoms with Crippen LogP contribution in [0, 0.1) is 6.57 Å². The van der Waals surface area contributed by atoms with Crippen LogP contribution in [0.3, 0.4) is 0 Å². The predicted molar refractivity (Wildman–Crippen MR) is 198 cm³/mol. The first-order chi connectivity index (χ1) is 23.8. The van der Waals surface area contributed by atoms with E-state index >= 15 is 0 Å². The molecule has 220 valence electrons. The van der Waals surface area contributed by atoms with E-state index in [1.165, 1.54) is 59.6 Å². The van der Waals surface area contributed by atoms with Gasteiger partial charge in [-0.15, -0.1) is 0 Å². The van der Waals surface area contributed by atoms with Gasteiger partial charge >= 0.3 is 0 Å². The topological polar surface area (TPSA) is 39.5 Å². The van der Waals surface area contributed by atoms with Gasteiger partial charge in [-0.05, 0) is 47.2 Å². The molecule has 0 bridgehead atoms. The molecule has 7 aromatic carbocycles. The van der Waals surface area contributed by atoms with E-state index < -0.39 is 0 Å². The summed E-state index contributed by atoms with van der Waals surface area (Å²) in [6.45, 7) is 7.51. The molecular formula is C43H23N5. The Balaban J connectivity index is 1.41. The maximum absolute atomic E-state index is 7.51. The fraction of sp³-hybridized carbons (Fsp3) is 0. The highest BCUT2D eigenvalue weighted by molar-refractivity contribution is 6.38. The molecule has 11 aromatic rings. The van der Waals surface area contributed by atoms with Crippen LogP contribution in [-0.2, 0) is 0 Å². The summed E-state index contributed by atoms with van der Waals surface area (Å²) in [7, 11) is 0. The number of hydrogen-bond donors (Lipinski definition) is 0. The number of aromatic nitrogens is 4. The SMILES string of the molecule is [C-]#[N+]c1ccc(-c2nc3ccccc3nc2-n2c3ccccc3c3c4c5c6ccccc6ccc5n5c6ccccc6c(cc32)c45)cc1. The molecule has 0 saturated carbocycles. The molecule has 0 radical (unpaired) electrons. The monoisotopic (exact) mass is 609 g/mol. The van der Waals surface area contributed by atoms with Crippen LogP contribution in [0.1, 0.15) is 0 Å². The van der Waals surface area contributed by atoms with Gasteiger partial charge in [0.25, 0.3) is 0 Å². The molecule has 0 amide bonds. The van der Waals surface area contributed by atoms with Crippen molar-refractivity contribution < 1.29 is 0 Å². The zero-order valence-corrected chi connectivity index (χ0v) is 25.5. The van der Waals surface area contributed by atoms with Crippen molar-refractivity contribution in [2.75, 3.05) is 0 Å². The molecule has 5 heteroatoms. The molecule has 0 fully saturated rings. The Hall–Kier alpha value is -6.77. The van der Waals surface area contributed by atoms with E-state index in [4.69, 9.17) is 16.5 Å². The molecule has 4 aromatic heterocycles. The minimum atomic E-state index is 0.596. The molecule has 0 aliphatic heterocycles. The van der Waals surface area contributed by atoms with Gasteiger partial charge in [-0.3, -0.25) is 4.57 Å². The van der Waals surface area contributed by atoms with Gasteiger partial charge in [0.05, 0.1) is 45.2 Å². The lowest BCUT2D eigenvalue weighted by Crippen LogP contribution is -2.03. The molecule has 5 nitrogen and oxygen atoms in total. The van der Waals surface area contributed by atoms with Gasteiger partial charge < -0.3 is 4.40 Å². The Labute approximate surface area is 273 Å². The zero-order valence-electron chi connectivity index (χ0n) is 25.5. The molecule has 11 rings (SSSR count). The molecular weight excluding hydrogens is 587 g/mol. The molecule has 0 aliphatic rings. The highest BCUT2D eigenvalue weighted by Crippen LogP contribution is 2.48. The van der Waals surface area contributed by atoms with Gasteiger partial charge in [0.2, 0.25) is 0 Å². The third-order valence-electron chi connectivity index (χ3n) is 10.0. The lowest BCUT2D eigenvalue weighted by Gasteiger charge is -2.14. The van der Waals surface area contributed by atoms with Crippen LogP contribution in [0.5, 0.6) is 0 Å². The van der Waals surface area contributed by atoms with Crippen molar-refractivity contribution in [3.8, 4) is 17.1 Å². The van der Waals surface area contributed by atoms with Crippen molar-refractivity contribution in [2.45, 2.75) is 0 Å². The Kier molecular flexibility index (Phi) is 4.85. The standard InChI is InChI=1S/C43H23N5/c1-44-27-21-18-26(19-22-27)41-43(46-33-15-7-6-14-32(33)45-41)48-35-17-9-5-13-30(35)39-37(48)24-31-29-12-4-8-16-34(29)47-36-23-20-25-10-2-3-11-28(25)38(36)40(39)42(31)47/h2-24H. The summed E-state index contributed by atoms with van der Waals surface area (Å²) in [5, 5.41) is 9.84. The van der Waals surface area contributed by atoms with Crippen LogP contribution in [0.15, 0.2) is 140 Å². The highest BCUT2D eigenvalue weighted by Gasteiger charge is 2.26. The first-order valence-electron chi connectivity index (χ1n) is 16.1. The van der Waals surface area contributed by atoms with Crippen LogP contribution in [-0.4, -0.2) is 18.9 Å². The van der Waals surface area contributed by atoms with Gasteiger partial charge in [-0.2, -0.15) is 0 Å². The molecule has 0 saturated heterocycles. The van der Waals surface area contributed by atoms with Crippen LogP contribution in [0.2, 0.25) is 0 Å². The van der Waals surface area contributed by atoms with Crippen molar-refractivity contribution in [3.63, 3.8) is 0 Å². The van der Waals surface area contributed by atoms with Gasteiger partial charge in [0.1, 0.15) is 5.69 Å². The minimum Gasteiger partial charge on any atom is -0.308 e. The summed E-state index contributed by atoms with van der Waals surface area (Å²) in [4.78, 5) is 14.2. The lowest BCUT2D eigenvalue weighted by atomic mass is 9.98.